The van der Waals surface area contributed by atoms with Crippen LogP contribution in [0.15, 0.2) is 6.07 Å². The van der Waals surface area contributed by atoms with E-state index < -0.39 is 0 Å². The topological polar surface area (TPSA) is 55.0 Å². The minimum atomic E-state index is 0.218. The Morgan fingerprint density at radius 1 is 1.37 bits per heavy atom. The van der Waals surface area contributed by atoms with Crippen LogP contribution in [0, 0.1) is 6.92 Å². The van der Waals surface area contributed by atoms with E-state index in [1.165, 1.54) is 31.6 Å². The third-order valence-electron chi connectivity index (χ3n) is 3.88. The fourth-order valence-corrected chi connectivity index (χ4v) is 2.64. The molecule has 1 saturated heterocycles. The first-order valence-electron chi connectivity index (χ1n) is 7.33. The molecule has 2 rings (SSSR count). The highest BCUT2D eigenvalue weighted by Gasteiger charge is 2.20. The standard InChI is InChI=1S/C15H26N4/c1-11(16)4-5-15-17-12(2)10-14(18-15)13-6-8-19(3)9-7-13/h10-11,13H,4-9,16H2,1-3H3. The zero-order valence-corrected chi connectivity index (χ0v) is 12.4. The third-order valence-corrected chi connectivity index (χ3v) is 3.88. The molecule has 1 aromatic heterocycles. The summed E-state index contributed by atoms with van der Waals surface area (Å²) in [6, 6.07) is 2.38. The van der Waals surface area contributed by atoms with Crippen molar-refractivity contribution in [2.45, 2.75) is 51.5 Å². The molecule has 1 unspecified atom stereocenters. The molecule has 0 spiro atoms. The highest BCUT2D eigenvalue weighted by molar-refractivity contribution is 5.15. The Bertz CT molecular complexity index is 409. The number of aryl methyl sites for hydroxylation is 2. The predicted octanol–water partition coefficient (Wildman–Crippen LogP) is 1.87. The van der Waals surface area contributed by atoms with Crippen LogP contribution in [0.2, 0.25) is 0 Å². The van der Waals surface area contributed by atoms with Gasteiger partial charge in [0.2, 0.25) is 0 Å². The van der Waals surface area contributed by atoms with Gasteiger partial charge >= 0.3 is 0 Å². The molecular formula is C15H26N4. The average Bonchev–Trinajstić information content (AvgIpc) is 2.36. The molecule has 1 atom stereocenters. The van der Waals surface area contributed by atoms with Gasteiger partial charge in [0, 0.05) is 29.8 Å². The smallest absolute Gasteiger partial charge is 0.128 e. The molecule has 1 fully saturated rings. The summed E-state index contributed by atoms with van der Waals surface area (Å²) in [6.07, 6.45) is 4.26. The molecule has 0 radical (unpaired) electrons. The molecule has 4 nitrogen and oxygen atoms in total. The minimum absolute atomic E-state index is 0.218. The van der Waals surface area contributed by atoms with Crippen molar-refractivity contribution in [3.8, 4) is 0 Å². The fraction of sp³-hybridized carbons (Fsp3) is 0.733. The molecule has 1 aliphatic heterocycles. The quantitative estimate of drug-likeness (QED) is 0.900. The number of nitrogens with zero attached hydrogens (tertiary/aromatic N) is 3. The van der Waals surface area contributed by atoms with E-state index >= 15 is 0 Å². The summed E-state index contributed by atoms with van der Waals surface area (Å²) in [5.74, 6) is 1.57. The van der Waals surface area contributed by atoms with Crippen molar-refractivity contribution in [2.75, 3.05) is 20.1 Å². The van der Waals surface area contributed by atoms with Crippen LogP contribution in [0.3, 0.4) is 0 Å². The summed E-state index contributed by atoms with van der Waals surface area (Å²) in [5, 5.41) is 0. The summed E-state index contributed by atoms with van der Waals surface area (Å²) in [4.78, 5) is 11.7. The second-order valence-electron chi connectivity index (χ2n) is 5.94. The molecule has 0 aromatic carbocycles. The van der Waals surface area contributed by atoms with Crippen molar-refractivity contribution in [2.24, 2.45) is 5.73 Å². The first kappa shape index (κ1) is 14.4. The number of piperidine rings is 1. The number of rotatable bonds is 4. The molecule has 1 aliphatic rings. The Morgan fingerprint density at radius 2 is 2.05 bits per heavy atom. The Hall–Kier alpha value is -1.00. The number of aromatic nitrogens is 2. The number of nitrogens with two attached hydrogens (primary N) is 1. The molecule has 1 aromatic rings. The molecular weight excluding hydrogens is 236 g/mol. The van der Waals surface area contributed by atoms with Crippen LogP contribution >= 0.6 is 0 Å². The molecule has 0 saturated carbocycles. The van der Waals surface area contributed by atoms with E-state index in [0.29, 0.717) is 5.92 Å². The van der Waals surface area contributed by atoms with Crippen LogP contribution in [0.1, 0.15) is 49.3 Å². The van der Waals surface area contributed by atoms with Crippen LogP contribution in [-0.4, -0.2) is 41.0 Å². The zero-order valence-electron chi connectivity index (χ0n) is 12.4. The average molecular weight is 262 g/mol. The maximum absolute atomic E-state index is 5.81. The molecule has 2 N–H and O–H groups in total. The second kappa shape index (κ2) is 6.44. The molecule has 2 heterocycles. The third kappa shape index (κ3) is 4.25. The van der Waals surface area contributed by atoms with E-state index in [-0.39, 0.29) is 6.04 Å². The normalized spacial score (nSPS) is 19.6. The summed E-state index contributed by atoms with van der Waals surface area (Å²) in [7, 11) is 2.19. The van der Waals surface area contributed by atoms with Crippen LogP contribution in [-0.2, 0) is 6.42 Å². The van der Waals surface area contributed by atoms with Crippen LogP contribution in [0.25, 0.3) is 0 Å². The van der Waals surface area contributed by atoms with E-state index in [1.54, 1.807) is 0 Å². The molecule has 106 valence electrons. The van der Waals surface area contributed by atoms with Crippen molar-refractivity contribution in [3.05, 3.63) is 23.3 Å². The Kier molecular flexibility index (Phi) is 4.88. The van der Waals surface area contributed by atoms with Gasteiger partial charge in [0.15, 0.2) is 0 Å². The lowest BCUT2D eigenvalue weighted by molar-refractivity contribution is 0.253. The van der Waals surface area contributed by atoms with Crippen molar-refractivity contribution in [3.63, 3.8) is 0 Å². The highest BCUT2D eigenvalue weighted by atomic mass is 15.1. The Labute approximate surface area is 116 Å². The maximum atomic E-state index is 5.81. The van der Waals surface area contributed by atoms with E-state index in [4.69, 9.17) is 10.7 Å². The van der Waals surface area contributed by atoms with E-state index in [9.17, 15) is 0 Å². The van der Waals surface area contributed by atoms with Gasteiger partial charge in [-0.05, 0) is 59.3 Å². The van der Waals surface area contributed by atoms with Gasteiger partial charge in [-0.3, -0.25) is 0 Å². The van der Waals surface area contributed by atoms with Gasteiger partial charge in [-0.1, -0.05) is 0 Å². The lowest BCUT2D eigenvalue weighted by atomic mass is 9.93. The largest absolute Gasteiger partial charge is 0.328 e. The lowest BCUT2D eigenvalue weighted by Gasteiger charge is -2.28. The molecule has 19 heavy (non-hydrogen) atoms. The predicted molar refractivity (Wildman–Crippen MR) is 78.2 cm³/mol. The van der Waals surface area contributed by atoms with Crippen molar-refractivity contribution in [1.82, 2.24) is 14.9 Å². The summed E-state index contributed by atoms with van der Waals surface area (Å²) >= 11 is 0. The summed E-state index contributed by atoms with van der Waals surface area (Å²) in [6.45, 7) is 6.44. The maximum Gasteiger partial charge on any atom is 0.128 e. The lowest BCUT2D eigenvalue weighted by Crippen LogP contribution is -2.29. The number of hydrogen-bond donors (Lipinski definition) is 1. The van der Waals surface area contributed by atoms with Crippen molar-refractivity contribution in [1.29, 1.82) is 0 Å². The van der Waals surface area contributed by atoms with Crippen LogP contribution in [0.5, 0.6) is 0 Å². The number of hydrogen-bond acceptors (Lipinski definition) is 4. The molecule has 0 bridgehead atoms. The summed E-state index contributed by atoms with van der Waals surface area (Å²) < 4.78 is 0. The van der Waals surface area contributed by atoms with Crippen LogP contribution in [0.4, 0.5) is 0 Å². The number of likely N-dealkylation sites (tertiary alicyclic amines) is 1. The molecule has 0 amide bonds. The zero-order chi connectivity index (χ0) is 13.8. The SMILES string of the molecule is Cc1cc(C2CCN(C)CC2)nc(CCC(C)N)n1. The van der Waals surface area contributed by atoms with Gasteiger partial charge < -0.3 is 10.6 Å². The van der Waals surface area contributed by atoms with Gasteiger partial charge in [-0.15, -0.1) is 0 Å². The summed E-state index contributed by atoms with van der Waals surface area (Å²) in [5.41, 5.74) is 8.14. The Balaban J connectivity index is 2.07. The van der Waals surface area contributed by atoms with Crippen LogP contribution < -0.4 is 5.73 Å². The van der Waals surface area contributed by atoms with Crippen molar-refractivity contribution >= 4 is 0 Å². The highest BCUT2D eigenvalue weighted by Crippen LogP contribution is 2.26. The van der Waals surface area contributed by atoms with Gasteiger partial charge in [-0.2, -0.15) is 0 Å². The Morgan fingerprint density at radius 3 is 2.68 bits per heavy atom. The second-order valence-corrected chi connectivity index (χ2v) is 5.94. The molecule has 0 aliphatic carbocycles. The van der Waals surface area contributed by atoms with E-state index in [1.807, 2.05) is 6.92 Å². The van der Waals surface area contributed by atoms with E-state index in [0.717, 1.165) is 24.4 Å². The monoisotopic (exact) mass is 262 g/mol. The van der Waals surface area contributed by atoms with Crippen molar-refractivity contribution < 1.29 is 0 Å². The van der Waals surface area contributed by atoms with Gasteiger partial charge in [0.1, 0.15) is 5.82 Å². The first-order chi connectivity index (χ1) is 9.04. The molecule has 4 heteroatoms. The first-order valence-corrected chi connectivity index (χ1v) is 7.33. The van der Waals surface area contributed by atoms with Gasteiger partial charge in [0.25, 0.3) is 0 Å². The fourth-order valence-electron chi connectivity index (χ4n) is 2.64. The van der Waals surface area contributed by atoms with Gasteiger partial charge in [0.05, 0.1) is 0 Å². The minimum Gasteiger partial charge on any atom is -0.328 e. The van der Waals surface area contributed by atoms with Gasteiger partial charge in [-0.25, -0.2) is 9.97 Å². The van der Waals surface area contributed by atoms with E-state index in [2.05, 4.69) is 29.9 Å².